The number of ether oxygens (including phenoxy) is 3. The lowest BCUT2D eigenvalue weighted by Crippen LogP contribution is -2.27. The standard InChI is InChI=1S/C23H27Cl3O6/c1-14(28)32-19(11-27)13-30-18-6-4-15(5-7-18)23(2,3)16-8-20(25)22(21(26)9-16)31-12-17(29)10-24/h4-9,17,19,27,29H,10-13H2,1-3H3. The van der Waals surface area contributed by atoms with E-state index >= 15 is 0 Å². The number of alkyl halides is 1. The van der Waals surface area contributed by atoms with E-state index < -0.39 is 23.6 Å². The van der Waals surface area contributed by atoms with Crippen LogP contribution in [0.5, 0.6) is 11.5 Å². The van der Waals surface area contributed by atoms with Gasteiger partial charge >= 0.3 is 5.97 Å². The molecule has 2 aromatic carbocycles. The maximum Gasteiger partial charge on any atom is 0.303 e. The van der Waals surface area contributed by atoms with Crippen molar-refractivity contribution in [2.45, 2.75) is 38.4 Å². The molecule has 2 unspecified atom stereocenters. The molecule has 0 amide bonds. The first-order valence-electron chi connectivity index (χ1n) is 9.96. The number of hydrogen-bond donors (Lipinski definition) is 2. The molecule has 32 heavy (non-hydrogen) atoms. The Kier molecular flexibility index (Phi) is 9.92. The lowest BCUT2D eigenvalue weighted by atomic mass is 9.78. The molecule has 2 aromatic rings. The van der Waals surface area contributed by atoms with Gasteiger partial charge in [0, 0.05) is 12.3 Å². The van der Waals surface area contributed by atoms with Crippen molar-refractivity contribution in [2.75, 3.05) is 25.7 Å². The number of aliphatic hydroxyl groups excluding tert-OH is 2. The third-order valence-corrected chi connectivity index (χ3v) is 5.78. The number of rotatable bonds is 11. The Morgan fingerprint density at radius 1 is 1.03 bits per heavy atom. The van der Waals surface area contributed by atoms with Gasteiger partial charge in [-0.3, -0.25) is 4.79 Å². The number of carbonyl (C=O) groups is 1. The fourth-order valence-corrected chi connectivity index (χ4v) is 3.65. The smallest absolute Gasteiger partial charge is 0.303 e. The molecule has 0 aliphatic heterocycles. The molecule has 2 rings (SSSR count). The van der Waals surface area contributed by atoms with Crippen LogP contribution in [0.3, 0.4) is 0 Å². The van der Waals surface area contributed by atoms with Crippen LogP contribution < -0.4 is 9.47 Å². The van der Waals surface area contributed by atoms with E-state index in [0.717, 1.165) is 11.1 Å². The van der Waals surface area contributed by atoms with E-state index in [4.69, 9.17) is 49.0 Å². The van der Waals surface area contributed by atoms with Gasteiger partial charge in [-0.15, -0.1) is 11.6 Å². The first kappa shape index (κ1) is 26.6. The van der Waals surface area contributed by atoms with E-state index in [-0.39, 0.29) is 25.7 Å². The summed E-state index contributed by atoms with van der Waals surface area (Å²) < 4.78 is 16.1. The summed E-state index contributed by atoms with van der Waals surface area (Å²) in [6.45, 7) is 5.05. The SMILES string of the molecule is CC(=O)OC(CO)COc1ccc(C(C)(C)c2cc(Cl)c(OCC(O)CCl)c(Cl)c2)cc1. The minimum absolute atomic E-state index is 0.0122. The zero-order chi connectivity index (χ0) is 23.9. The van der Waals surface area contributed by atoms with Gasteiger partial charge in [-0.25, -0.2) is 0 Å². The average molecular weight is 506 g/mol. The largest absolute Gasteiger partial charge is 0.490 e. The quantitative estimate of drug-likeness (QED) is 0.343. The predicted octanol–water partition coefficient (Wildman–Crippen LogP) is 4.60. The highest BCUT2D eigenvalue weighted by Gasteiger charge is 2.26. The predicted molar refractivity (Wildman–Crippen MR) is 125 cm³/mol. The van der Waals surface area contributed by atoms with Gasteiger partial charge in [-0.05, 0) is 35.4 Å². The third kappa shape index (κ3) is 7.15. The van der Waals surface area contributed by atoms with Crippen molar-refractivity contribution in [1.29, 1.82) is 0 Å². The molecule has 9 heteroatoms. The second-order valence-corrected chi connectivity index (χ2v) is 8.89. The number of halogens is 3. The Bertz CT molecular complexity index is 878. The van der Waals surface area contributed by atoms with Crippen molar-refractivity contribution in [3.63, 3.8) is 0 Å². The molecule has 176 valence electrons. The highest BCUT2D eigenvalue weighted by molar-refractivity contribution is 6.37. The van der Waals surface area contributed by atoms with Crippen molar-refractivity contribution in [2.24, 2.45) is 0 Å². The molecule has 0 aromatic heterocycles. The highest BCUT2D eigenvalue weighted by Crippen LogP contribution is 2.40. The van der Waals surface area contributed by atoms with Gasteiger partial charge in [0.2, 0.25) is 0 Å². The van der Waals surface area contributed by atoms with Gasteiger partial charge in [0.25, 0.3) is 0 Å². The number of aliphatic hydroxyl groups is 2. The van der Waals surface area contributed by atoms with Gasteiger partial charge in [-0.1, -0.05) is 49.2 Å². The molecule has 0 bridgehead atoms. The maximum absolute atomic E-state index is 11.0. The van der Waals surface area contributed by atoms with Crippen molar-refractivity contribution < 1.29 is 29.2 Å². The Balaban J connectivity index is 2.14. The molecule has 6 nitrogen and oxygen atoms in total. The minimum Gasteiger partial charge on any atom is -0.490 e. The van der Waals surface area contributed by atoms with Gasteiger partial charge in [0.05, 0.1) is 22.5 Å². The molecule has 0 heterocycles. The van der Waals surface area contributed by atoms with Crippen LogP contribution in [0.2, 0.25) is 10.0 Å². The first-order valence-corrected chi connectivity index (χ1v) is 11.2. The normalized spacial score (nSPS) is 13.4. The maximum atomic E-state index is 11.0. The van der Waals surface area contributed by atoms with Crippen molar-refractivity contribution in [3.05, 3.63) is 57.6 Å². The molecule has 2 atom stereocenters. The average Bonchev–Trinajstić information content (AvgIpc) is 2.75. The number of esters is 1. The third-order valence-electron chi connectivity index (χ3n) is 4.87. The van der Waals surface area contributed by atoms with Crippen LogP contribution in [0, 0.1) is 0 Å². The van der Waals surface area contributed by atoms with Gasteiger partial charge < -0.3 is 24.4 Å². The summed E-state index contributed by atoms with van der Waals surface area (Å²) in [7, 11) is 0. The van der Waals surface area contributed by atoms with Gasteiger partial charge in [0.1, 0.15) is 25.1 Å². The summed E-state index contributed by atoms with van der Waals surface area (Å²) in [4.78, 5) is 11.0. The summed E-state index contributed by atoms with van der Waals surface area (Å²) in [5.74, 6) is 0.443. The van der Waals surface area contributed by atoms with Crippen LogP contribution in [0.1, 0.15) is 31.9 Å². The minimum atomic E-state index is -0.817. The van der Waals surface area contributed by atoms with Gasteiger partial charge in [0.15, 0.2) is 11.9 Å². The molecular formula is C23H27Cl3O6. The lowest BCUT2D eigenvalue weighted by Gasteiger charge is -2.27. The number of carbonyl (C=O) groups excluding carboxylic acids is 1. The van der Waals surface area contributed by atoms with Crippen LogP contribution in [-0.2, 0) is 14.9 Å². The van der Waals surface area contributed by atoms with E-state index in [0.29, 0.717) is 21.5 Å². The zero-order valence-electron chi connectivity index (χ0n) is 18.1. The monoisotopic (exact) mass is 504 g/mol. The Morgan fingerprint density at radius 3 is 2.12 bits per heavy atom. The number of benzene rings is 2. The molecular weight excluding hydrogens is 479 g/mol. The first-order chi connectivity index (χ1) is 15.1. The second-order valence-electron chi connectivity index (χ2n) is 7.76. The van der Waals surface area contributed by atoms with Crippen LogP contribution in [0.25, 0.3) is 0 Å². The van der Waals surface area contributed by atoms with E-state index in [2.05, 4.69) is 0 Å². The van der Waals surface area contributed by atoms with Crippen molar-refractivity contribution in [1.82, 2.24) is 0 Å². The summed E-state index contributed by atoms with van der Waals surface area (Å²) >= 11 is 18.4. The van der Waals surface area contributed by atoms with E-state index in [9.17, 15) is 15.0 Å². The molecule has 0 radical (unpaired) electrons. The summed E-state index contributed by atoms with van der Waals surface area (Å²) in [5.41, 5.74) is 1.43. The fourth-order valence-electron chi connectivity index (χ4n) is 2.97. The second kappa shape index (κ2) is 12.0. The molecule has 2 N–H and O–H groups in total. The Labute approximate surface area is 203 Å². The Morgan fingerprint density at radius 2 is 1.62 bits per heavy atom. The molecule has 0 fully saturated rings. The topological polar surface area (TPSA) is 85.2 Å². The molecule has 0 saturated carbocycles. The van der Waals surface area contributed by atoms with E-state index in [1.165, 1.54) is 6.92 Å². The van der Waals surface area contributed by atoms with Crippen LogP contribution in [0.4, 0.5) is 0 Å². The fraction of sp³-hybridized carbons (Fsp3) is 0.435. The molecule has 0 saturated heterocycles. The van der Waals surface area contributed by atoms with Crippen molar-refractivity contribution in [3.8, 4) is 11.5 Å². The summed E-state index contributed by atoms with van der Waals surface area (Å²) in [5, 5.41) is 19.5. The molecule has 0 spiro atoms. The summed E-state index contributed by atoms with van der Waals surface area (Å²) in [6, 6.07) is 11.0. The van der Waals surface area contributed by atoms with E-state index in [1.807, 2.05) is 26.0 Å². The zero-order valence-corrected chi connectivity index (χ0v) is 20.4. The molecule has 0 aliphatic rings. The Hall–Kier alpha value is -1.70. The van der Waals surface area contributed by atoms with Gasteiger partial charge in [-0.2, -0.15) is 0 Å². The van der Waals surface area contributed by atoms with Crippen LogP contribution in [0.15, 0.2) is 36.4 Å². The van der Waals surface area contributed by atoms with Crippen LogP contribution >= 0.6 is 34.8 Å². The van der Waals surface area contributed by atoms with Crippen molar-refractivity contribution >= 4 is 40.8 Å². The summed E-state index contributed by atoms with van der Waals surface area (Å²) in [6.07, 6.45) is -1.54. The number of hydrogen-bond acceptors (Lipinski definition) is 6. The lowest BCUT2D eigenvalue weighted by molar-refractivity contribution is -0.150. The molecule has 0 aliphatic carbocycles. The highest BCUT2D eigenvalue weighted by atomic mass is 35.5. The van der Waals surface area contributed by atoms with E-state index in [1.54, 1.807) is 24.3 Å². The van der Waals surface area contributed by atoms with Crippen LogP contribution in [-0.4, -0.2) is 54.1 Å².